The van der Waals surface area contributed by atoms with E-state index in [1.807, 2.05) is 13.8 Å². The number of amides is 2. The summed E-state index contributed by atoms with van der Waals surface area (Å²) in [6.45, 7) is 3.92. The van der Waals surface area contributed by atoms with Crippen LogP contribution in [-0.2, 0) is 9.59 Å². The van der Waals surface area contributed by atoms with Crippen LogP contribution in [0.15, 0.2) is 0 Å². The van der Waals surface area contributed by atoms with Crippen molar-refractivity contribution in [2.45, 2.75) is 39.5 Å². The van der Waals surface area contributed by atoms with Crippen LogP contribution in [0.2, 0.25) is 0 Å². The SMILES string of the molecule is CCCC(=O)[N-]C.CCCC(=O)[N-]C.[I-].[Nd+3]. The van der Waals surface area contributed by atoms with E-state index in [0.717, 1.165) is 12.8 Å². The minimum absolute atomic E-state index is 0. The van der Waals surface area contributed by atoms with E-state index >= 15 is 0 Å². The van der Waals surface area contributed by atoms with Crippen molar-refractivity contribution in [1.29, 1.82) is 0 Å². The molecule has 0 aliphatic rings. The Kier molecular flexibility index (Phi) is 34.3. The second-order valence-electron chi connectivity index (χ2n) is 2.73. The molecule has 0 unspecified atom stereocenters. The summed E-state index contributed by atoms with van der Waals surface area (Å²) in [6.07, 6.45) is 2.99. The molecule has 2 amide bonds. The molecule has 0 N–H and O–H groups in total. The molecule has 4 nitrogen and oxygen atoms in total. The summed E-state index contributed by atoms with van der Waals surface area (Å²) >= 11 is 0. The van der Waals surface area contributed by atoms with Crippen molar-refractivity contribution in [3.05, 3.63) is 10.6 Å². The summed E-state index contributed by atoms with van der Waals surface area (Å²) < 4.78 is 0. The molecule has 0 atom stereocenters. The third-order valence-electron chi connectivity index (χ3n) is 1.43. The van der Waals surface area contributed by atoms with Crippen molar-refractivity contribution >= 4 is 11.8 Å². The van der Waals surface area contributed by atoms with Gasteiger partial charge in [0.25, 0.3) is 0 Å². The second kappa shape index (κ2) is 21.3. The van der Waals surface area contributed by atoms with Crippen molar-refractivity contribution < 1.29 is 74.4 Å². The van der Waals surface area contributed by atoms with Gasteiger partial charge in [0.05, 0.1) is 11.8 Å². The fourth-order valence-corrected chi connectivity index (χ4v) is 0.651. The summed E-state index contributed by atoms with van der Waals surface area (Å²) in [5.74, 6) is 0.00463. The van der Waals surface area contributed by atoms with Crippen LogP contribution >= 0.6 is 0 Å². The number of nitrogens with zero attached hydrogens (tertiary/aromatic N) is 2. The Hall–Kier alpha value is 1.02. The molecule has 0 fully saturated rings. The fourth-order valence-electron chi connectivity index (χ4n) is 0.651. The first-order valence-corrected chi connectivity index (χ1v) is 4.87. The van der Waals surface area contributed by atoms with Crippen LogP contribution in [0.3, 0.4) is 0 Å². The largest absolute Gasteiger partial charge is 3.00 e. The van der Waals surface area contributed by atoms with E-state index in [1.54, 1.807) is 0 Å². The number of carbonyl (C=O) groups is 2. The molecule has 0 aromatic carbocycles. The molecule has 0 saturated heterocycles. The maximum absolute atomic E-state index is 10.2. The van der Waals surface area contributed by atoms with Gasteiger partial charge in [0.2, 0.25) is 0 Å². The first kappa shape index (κ1) is 25.8. The van der Waals surface area contributed by atoms with Gasteiger partial charge < -0.3 is 44.2 Å². The van der Waals surface area contributed by atoms with E-state index in [4.69, 9.17) is 0 Å². The molecule has 0 aliphatic heterocycles. The Bertz CT molecular complexity index is 151. The zero-order valence-electron chi connectivity index (χ0n) is 10.4. The Morgan fingerprint density at radius 1 is 0.875 bits per heavy atom. The molecule has 16 heavy (non-hydrogen) atoms. The predicted octanol–water partition coefficient (Wildman–Crippen LogP) is -0.363. The van der Waals surface area contributed by atoms with Gasteiger partial charge in [-0.3, -0.25) is 0 Å². The van der Waals surface area contributed by atoms with Gasteiger partial charge in [-0.2, -0.15) is 0 Å². The van der Waals surface area contributed by atoms with Gasteiger partial charge in [0, 0.05) is 0 Å². The van der Waals surface area contributed by atoms with E-state index in [0.29, 0.717) is 12.8 Å². The van der Waals surface area contributed by atoms with E-state index in [1.165, 1.54) is 14.1 Å². The Labute approximate surface area is 149 Å². The van der Waals surface area contributed by atoms with Gasteiger partial charge >= 0.3 is 40.8 Å². The number of halogens is 1. The molecular weight excluding hydrogens is 451 g/mol. The topological polar surface area (TPSA) is 62.3 Å². The third-order valence-corrected chi connectivity index (χ3v) is 1.43. The second-order valence-corrected chi connectivity index (χ2v) is 2.73. The average Bonchev–Trinajstić information content (AvgIpc) is 2.19. The van der Waals surface area contributed by atoms with Gasteiger partial charge in [0.15, 0.2) is 0 Å². The quantitative estimate of drug-likeness (QED) is 0.526. The Balaban J connectivity index is -0.0000000800. The number of hydrogen-bond acceptors (Lipinski definition) is 2. The summed E-state index contributed by atoms with van der Waals surface area (Å²) in [5.41, 5.74) is 0. The van der Waals surface area contributed by atoms with E-state index < -0.39 is 0 Å². The van der Waals surface area contributed by atoms with Crippen LogP contribution < -0.4 is 24.0 Å². The molecule has 0 saturated carbocycles. The Morgan fingerprint density at radius 3 is 1.19 bits per heavy atom. The van der Waals surface area contributed by atoms with Crippen LogP contribution in [0.4, 0.5) is 0 Å². The standard InChI is InChI=1S/2C5H11NO.HI.Nd/c2*1-3-4-5(7)6-2;;/h2*3-4H2,1-2H3,(H,6,7);1H;/q;;;+3/p-3. The molecule has 0 aliphatic carbocycles. The molecule has 6 heteroatoms. The Morgan fingerprint density at radius 2 is 1.12 bits per heavy atom. The first-order valence-electron chi connectivity index (χ1n) is 4.87. The van der Waals surface area contributed by atoms with Crippen molar-refractivity contribution in [2.75, 3.05) is 14.1 Å². The zero-order valence-corrected chi connectivity index (χ0v) is 15.8. The van der Waals surface area contributed by atoms with E-state index in [-0.39, 0.29) is 76.6 Å². The number of hydrogen-bond donors (Lipinski definition) is 0. The summed E-state index contributed by atoms with van der Waals surface area (Å²) in [7, 11) is 3.05. The number of carbonyl (C=O) groups excluding carboxylic acids is 2. The van der Waals surface area contributed by atoms with Crippen LogP contribution in [0, 0.1) is 40.8 Å². The summed E-state index contributed by atoms with van der Waals surface area (Å²) in [4.78, 5) is 20.5. The van der Waals surface area contributed by atoms with Crippen LogP contribution in [0.25, 0.3) is 10.6 Å². The van der Waals surface area contributed by atoms with Crippen LogP contribution in [-0.4, -0.2) is 25.9 Å². The van der Waals surface area contributed by atoms with E-state index in [9.17, 15) is 9.59 Å². The van der Waals surface area contributed by atoms with Gasteiger partial charge in [-0.1, -0.05) is 26.7 Å². The maximum atomic E-state index is 10.2. The minimum Gasteiger partial charge on any atom is -1.00 e. The van der Waals surface area contributed by atoms with Gasteiger partial charge in [-0.25, -0.2) is 0 Å². The van der Waals surface area contributed by atoms with Gasteiger partial charge in [-0.15, -0.1) is 14.1 Å². The number of rotatable bonds is 4. The maximum Gasteiger partial charge on any atom is 3.00 e. The minimum atomic E-state index is 0. The molecule has 0 bridgehead atoms. The molecule has 0 aromatic rings. The normalized spacial score (nSPS) is 7.25. The summed E-state index contributed by atoms with van der Waals surface area (Å²) in [6, 6.07) is 0. The monoisotopic (exact) mass is 469 g/mol. The fraction of sp³-hybridized carbons (Fsp3) is 0.800. The molecule has 0 rings (SSSR count). The van der Waals surface area contributed by atoms with E-state index in [2.05, 4.69) is 10.6 Å². The smallest absolute Gasteiger partial charge is 1.00 e. The third kappa shape index (κ3) is 24.3. The average molecular weight is 471 g/mol. The molecule has 0 aromatic heterocycles. The molecule has 0 heterocycles. The zero-order chi connectivity index (χ0) is 11.4. The van der Waals surface area contributed by atoms with Crippen molar-refractivity contribution in [3.8, 4) is 0 Å². The van der Waals surface area contributed by atoms with Crippen molar-refractivity contribution in [2.24, 2.45) is 0 Å². The van der Waals surface area contributed by atoms with Gasteiger partial charge in [0.1, 0.15) is 0 Å². The molecular formula is C10H20IN2NdO2. The molecule has 1 radical (unpaired) electrons. The van der Waals surface area contributed by atoms with Crippen LogP contribution in [0.5, 0.6) is 0 Å². The van der Waals surface area contributed by atoms with Crippen molar-refractivity contribution in [1.82, 2.24) is 0 Å². The first-order chi connectivity index (χ1) is 6.62. The van der Waals surface area contributed by atoms with Gasteiger partial charge in [-0.05, 0) is 12.8 Å². The van der Waals surface area contributed by atoms with Crippen LogP contribution in [0.1, 0.15) is 39.5 Å². The van der Waals surface area contributed by atoms with Crippen molar-refractivity contribution in [3.63, 3.8) is 0 Å². The molecule has 93 valence electrons. The predicted molar refractivity (Wildman–Crippen MR) is 58.4 cm³/mol. The molecule has 0 spiro atoms. The summed E-state index contributed by atoms with van der Waals surface area (Å²) in [5, 5.41) is 6.88.